The summed E-state index contributed by atoms with van der Waals surface area (Å²) in [5.74, 6) is 0.231. The first-order chi connectivity index (χ1) is 12.6. The van der Waals surface area contributed by atoms with E-state index in [0.717, 1.165) is 11.3 Å². The largest absolute Gasteiger partial charge is 0.496 e. The summed E-state index contributed by atoms with van der Waals surface area (Å²) >= 11 is 0. The number of hydrogen-bond donors (Lipinski definition) is 3. The van der Waals surface area contributed by atoms with Gasteiger partial charge in [-0.25, -0.2) is 0 Å². The van der Waals surface area contributed by atoms with E-state index >= 15 is 0 Å². The molecular weight excluding hydrogens is 330 g/mol. The van der Waals surface area contributed by atoms with Crippen LogP contribution in [-0.4, -0.2) is 28.5 Å². The quantitative estimate of drug-likeness (QED) is 0.468. The molecular formula is C19H23N5O2. The Balaban J connectivity index is 0.00000196. The number of nitrogens with one attached hydrogen (secondary N) is 2. The Bertz CT molecular complexity index is 959. The van der Waals surface area contributed by atoms with Crippen LogP contribution in [-0.2, 0) is 11.3 Å². The summed E-state index contributed by atoms with van der Waals surface area (Å²) in [6, 6.07) is 14.4. The summed E-state index contributed by atoms with van der Waals surface area (Å²) < 4.78 is 7.02. The number of benzene rings is 2. The average Bonchev–Trinajstić information content (AvgIpc) is 3.09. The van der Waals surface area contributed by atoms with Gasteiger partial charge in [-0.3, -0.25) is 14.9 Å². The van der Waals surface area contributed by atoms with Gasteiger partial charge in [0.2, 0.25) is 0 Å². The van der Waals surface area contributed by atoms with Gasteiger partial charge in [-0.05, 0) is 12.1 Å². The number of anilines is 2. The number of nitrogen functional groups attached to an aromatic ring is 1. The summed E-state index contributed by atoms with van der Waals surface area (Å²) in [4.78, 5) is 12.3. The van der Waals surface area contributed by atoms with E-state index in [4.69, 9.17) is 15.9 Å². The van der Waals surface area contributed by atoms with Crippen molar-refractivity contribution in [2.24, 2.45) is 0 Å². The van der Waals surface area contributed by atoms with E-state index in [9.17, 15) is 4.79 Å². The van der Waals surface area contributed by atoms with Gasteiger partial charge in [-0.1, -0.05) is 36.4 Å². The number of hydrogen-bond acceptors (Lipinski definition) is 5. The highest BCUT2D eigenvalue weighted by molar-refractivity contribution is 6.48. The fraction of sp³-hybridized carbons (Fsp3) is 0.105. The van der Waals surface area contributed by atoms with Crippen molar-refractivity contribution in [2.75, 3.05) is 18.2 Å². The van der Waals surface area contributed by atoms with E-state index in [1.54, 1.807) is 42.3 Å². The molecule has 3 aromatic rings. The number of carbonyl (C=O) groups excluding carboxylic acids is 1. The zero-order valence-corrected chi connectivity index (χ0v) is 14.3. The Hall–Kier alpha value is -3.61. The molecule has 2 aromatic carbocycles. The molecule has 0 aliphatic carbocycles. The van der Waals surface area contributed by atoms with E-state index in [0.29, 0.717) is 23.5 Å². The third kappa shape index (κ3) is 3.72. The minimum Gasteiger partial charge on any atom is -0.496 e. The van der Waals surface area contributed by atoms with Crippen LogP contribution < -0.4 is 15.8 Å². The number of carbonyl (C=O) groups is 1. The molecule has 0 saturated carbocycles. The Morgan fingerprint density at radius 3 is 2.77 bits per heavy atom. The van der Waals surface area contributed by atoms with Crippen molar-refractivity contribution in [3.63, 3.8) is 0 Å². The molecule has 26 heavy (non-hydrogen) atoms. The molecule has 0 unspecified atom stereocenters. The van der Waals surface area contributed by atoms with Gasteiger partial charge in [-0.15, -0.1) is 0 Å². The maximum atomic E-state index is 12.3. The van der Waals surface area contributed by atoms with Crippen molar-refractivity contribution in [1.29, 1.82) is 5.41 Å². The number of rotatable bonds is 6. The second-order valence-corrected chi connectivity index (χ2v) is 5.65. The van der Waals surface area contributed by atoms with Crippen LogP contribution in [0.15, 0.2) is 60.9 Å². The van der Waals surface area contributed by atoms with Gasteiger partial charge in [0.25, 0.3) is 5.91 Å². The maximum absolute atomic E-state index is 12.3. The summed E-state index contributed by atoms with van der Waals surface area (Å²) in [7, 11) is 1.62. The van der Waals surface area contributed by atoms with Gasteiger partial charge < -0.3 is 15.8 Å². The predicted molar refractivity (Wildman–Crippen MR) is 105 cm³/mol. The van der Waals surface area contributed by atoms with Crippen molar-refractivity contribution < 1.29 is 12.4 Å². The van der Waals surface area contributed by atoms with E-state index in [-0.39, 0.29) is 8.56 Å². The molecule has 7 heteroatoms. The lowest BCUT2D eigenvalue weighted by Gasteiger charge is -2.08. The highest BCUT2D eigenvalue weighted by Gasteiger charge is 2.15. The molecule has 0 fully saturated rings. The monoisotopic (exact) mass is 353 g/mol. The van der Waals surface area contributed by atoms with E-state index in [1.165, 1.54) is 6.20 Å². The third-order valence-electron chi connectivity index (χ3n) is 3.87. The minimum atomic E-state index is -0.542. The molecule has 0 radical (unpaired) electrons. The van der Waals surface area contributed by atoms with Crippen molar-refractivity contribution in [1.82, 2.24) is 9.78 Å². The molecule has 0 atom stereocenters. The molecule has 4 N–H and O–H groups in total. The second kappa shape index (κ2) is 7.52. The molecule has 1 heterocycles. The summed E-state index contributed by atoms with van der Waals surface area (Å²) in [6.45, 7) is 0.503. The highest BCUT2D eigenvalue weighted by atomic mass is 16.5. The van der Waals surface area contributed by atoms with Gasteiger partial charge in [-0.2, -0.15) is 5.10 Å². The summed E-state index contributed by atoms with van der Waals surface area (Å²) in [6.07, 6.45) is 3.24. The average molecular weight is 353 g/mol. The van der Waals surface area contributed by atoms with Crippen molar-refractivity contribution in [3.05, 3.63) is 72.1 Å². The van der Waals surface area contributed by atoms with Crippen LogP contribution >= 0.6 is 0 Å². The number of para-hydroxylation sites is 2. The van der Waals surface area contributed by atoms with Gasteiger partial charge in [0, 0.05) is 25.9 Å². The second-order valence-electron chi connectivity index (χ2n) is 5.65. The van der Waals surface area contributed by atoms with Gasteiger partial charge in [0.1, 0.15) is 11.5 Å². The Morgan fingerprint density at radius 1 is 1.27 bits per heavy atom. The number of ether oxygens (including phenoxy) is 1. The topological polar surface area (TPSA) is 106 Å². The smallest absolute Gasteiger partial charge is 0.274 e. The minimum absolute atomic E-state index is 0. The Labute approximate surface area is 153 Å². The summed E-state index contributed by atoms with van der Waals surface area (Å²) in [5.41, 5.74) is 7.89. The molecule has 0 bridgehead atoms. The van der Waals surface area contributed by atoms with Crippen LogP contribution in [0, 0.1) is 5.41 Å². The van der Waals surface area contributed by atoms with Gasteiger partial charge in [0.15, 0.2) is 0 Å². The first-order valence-corrected chi connectivity index (χ1v) is 7.97. The predicted octanol–water partition coefficient (Wildman–Crippen LogP) is 3.02. The lowest BCUT2D eigenvalue weighted by molar-refractivity contribution is -0.110. The van der Waals surface area contributed by atoms with Crippen LogP contribution in [0.3, 0.4) is 0 Å². The first kappa shape index (κ1) is 17.2. The van der Waals surface area contributed by atoms with Gasteiger partial charge >= 0.3 is 0 Å². The van der Waals surface area contributed by atoms with E-state index in [1.807, 2.05) is 24.3 Å². The zero-order chi connectivity index (χ0) is 18.5. The maximum Gasteiger partial charge on any atom is 0.274 e. The van der Waals surface area contributed by atoms with Crippen LogP contribution in [0.25, 0.3) is 0 Å². The lowest BCUT2D eigenvalue weighted by atomic mass is 10.1. The number of nitrogens with zero attached hydrogens (tertiary/aromatic N) is 2. The standard InChI is InChI=1S/C19H19N5O2.2H2/c1-26-17-9-5-2-6-13(17)11-24-12-14(10-22-24)23-19(25)18(21)15-7-3-4-8-16(15)20;;/h2-10,12,21H,11,20H2,1H3,(H,23,25);2*1H. The molecule has 0 aliphatic rings. The SMILES string of the molecule is COc1ccccc1Cn1cc(NC(=O)C(=N)c2ccccc2N)cn1.[HH].[HH]. The fourth-order valence-corrected chi connectivity index (χ4v) is 2.56. The van der Waals surface area contributed by atoms with E-state index < -0.39 is 5.91 Å². The Kier molecular flexibility index (Phi) is 4.98. The van der Waals surface area contributed by atoms with Crippen LogP contribution in [0.2, 0.25) is 0 Å². The van der Waals surface area contributed by atoms with Crippen LogP contribution in [0.1, 0.15) is 14.0 Å². The molecule has 1 amide bonds. The molecule has 0 saturated heterocycles. The number of amides is 1. The van der Waals surface area contributed by atoms with E-state index in [2.05, 4.69) is 10.4 Å². The first-order valence-electron chi connectivity index (χ1n) is 7.97. The number of aromatic nitrogens is 2. The van der Waals surface area contributed by atoms with Crippen LogP contribution in [0.5, 0.6) is 5.75 Å². The molecule has 136 valence electrons. The number of methoxy groups -OCH3 is 1. The zero-order valence-electron chi connectivity index (χ0n) is 14.3. The van der Waals surface area contributed by atoms with Crippen LogP contribution in [0.4, 0.5) is 11.4 Å². The summed E-state index contributed by atoms with van der Waals surface area (Å²) in [5, 5.41) is 14.9. The molecule has 0 aliphatic heterocycles. The number of nitrogens with two attached hydrogens (primary N) is 1. The molecule has 0 spiro atoms. The highest BCUT2D eigenvalue weighted by Crippen LogP contribution is 2.19. The van der Waals surface area contributed by atoms with Crippen molar-refractivity contribution in [2.45, 2.75) is 6.54 Å². The fourth-order valence-electron chi connectivity index (χ4n) is 2.56. The lowest BCUT2D eigenvalue weighted by Crippen LogP contribution is -2.23. The molecule has 7 nitrogen and oxygen atoms in total. The Morgan fingerprint density at radius 2 is 2.00 bits per heavy atom. The van der Waals surface area contributed by atoms with Crippen molar-refractivity contribution in [3.8, 4) is 5.75 Å². The van der Waals surface area contributed by atoms with Crippen molar-refractivity contribution >= 4 is 23.0 Å². The third-order valence-corrected chi connectivity index (χ3v) is 3.87. The normalized spacial score (nSPS) is 10.3. The van der Waals surface area contributed by atoms with Gasteiger partial charge in [0.05, 0.1) is 25.5 Å². The molecule has 3 rings (SSSR count). The molecule has 1 aromatic heterocycles.